The Bertz CT molecular complexity index is 311. The van der Waals surface area contributed by atoms with Crippen molar-refractivity contribution in [2.24, 2.45) is 5.73 Å². The zero-order valence-electron chi connectivity index (χ0n) is 6.94. The predicted octanol–water partition coefficient (Wildman–Crippen LogP) is 2.73. The molecule has 14 heavy (non-hydrogen) atoms. The van der Waals surface area contributed by atoms with Crippen LogP contribution in [0.15, 0.2) is 18.2 Å². The normalized spacial score (nSPS) is 10.9. The van der Waals surface area contributed by atoms with Crippen molar-refractivity contribution in [3.63, 3.8) is 0 Å². The number of nitrogens with two attached hydrogens (primary N) is 1. The number of alkyl halides is 3. The van der Waals surface area contributed by atoms with Crippen LogP contribution in [0.2, 0.25) is 0 Å². The zero-order chi connectivity index (χ0) is 10.1. The molecular formula is C8H8ClF4N. The van der Waals surface area contributed by atoms with Crippen LogP contribution in [0.1, 0.15) is 11.1 Å². The molecule has 0 radical (unpaired) electrons. The summed E-state index contributed by atoms with van der Waals surface area (Å²) in [5, 5.41) is 0. The van der Waals surface area contributed by atoms with Crippen molar-refractivity contribution >= 4 is 12.4 Å². The molecule has 0 spiro atoms. The highest BCUT2D eigenvalue weighted by Crippen LogP contribution is 2.30. The minimum absolute atomic E-state index is 0. The molecule has 0 amide bonds. The molecule has 0 fully saturated rings. The van der Waals surface area contributed by atoms with E-state index in [4.69, 9.17) is 5.73 Å². The van der Waals surface area contributed by atoms with Crippen molar-refractivity contribution in [3.8, 4) is 0 Å². The maximum atomic E-state index is 12.6. The molecule has 0 aliphatic heterocycles. The summed E-state index contributed by atoms with van der Waals surface area (Å²) in [5.74, 6) is -0.921. The van der Waals surface area contributed by atoms with Crippen molar-refractivity contribution < 1.29 is 17.6 Å². The van der Waals surface area contributed by atoms with Crippen LogP contribution in [0.3, 0.4) is 0 Å². The molecule has 1 rings (SSSR count). The standard InChI is InChI=1S/C8H7F4N.ClH/c9-7-2-5(4-13)1-6(3-7)8(10,11)12;/h1-3H,4,13H2;1H. The Kier molecular flexibility index (Phi) is 4.35. The van der Waals surface area contributed by atoms with Crippen LogP contribution >= 0.6 is 12.4 Å². The molecule has 0 aliphatic rings. The molecule has 0 unspecified atom stereocenters. The summed E-state index contributed by atoms with van der Waals surface area (Å²) in [4.78, 5) is 0. The average molecular weight is 230 g/mol. The minimum Gasteiger partial charge on any atom is -0.326 e. The van der Waals surface area contributed by atoms with Gasteiger partial charge in [-0.15, -0.1) is 12.4 Å². The Morgan fingerprint density at radius 3 is 2.14 bits per heavy atom. The Morgan fingerprint density at radius 2 is 1.71 bits per heavy atom. The molecule has 0 aliphatic carbocycles. The van der Waals surface area contributed by atoms with E-state index in [1.807, 2.05) is 0 Å². The maximum Gasteiger partial charge on any atom is 0.416 e. The molecule has 0 atom stereocenters. The molecule has 0 bridgehead atoms. The van der Waals surface area contributed by atoms with Gasteiger partial charge in [0.15, 0.2) is 0 Å². The Hall–Kier alpha value is -0.810. The lowest BCUT2D eigenvalue weighted by molar-refractivity contribution is -0.137. The first-order valence-electron chi connectivity index (χ1n) is 3.50. The zero-order valence-corrected chi connectivity index (χ0v) is 7.75. The van der Waals surface area contributed by atoms with Crippen LogP contribution < -0.4 is 5.73 Å². The SMILES string of the molecule is Cl.NCc1cc(F)cc(C(F)(F)F)c1. The molecule has 0 saturated carbocycles. The third-order valence-corrected chi connectivity index (χ3v) is 1.52. The lowest BCUT2D eigenvalue weighted by Crippen LogP contribution is -2.07. The van der Waals surface area contributed by atoms with Crippen molar-refractivity contribution in [2.75, 3.05) is 0 Å². The second-order valence-corrected chi connectivity index (χ2v) is 2.55. The monoisotopic (exact) mass is 229 g/mol. The first kappa shape index (κ1) is 13.2. The molecule has 1 nitrogen and oxygen atoms in total. The first-order valence-corrected chi connectivity index (χ1v) is 3.50. The van der Waals surface area contributed by atoms with E-state index in [0.717, 1.165) is 12.1 Å². The van der Waals surface area contributed by atoms with Gasteiger partial charge in [0.1, 0.15) is 5.82 Å². The van der Waals surface area contributed by atoms with Gasteiger partial charge in [-0.1, -0.05) is 0 Å². The van der Waals surface area contributed by atoms with Gasteiger partial charge in [-0.3, -0.25) is 0 Å². The van der Waals surface area contributed by atoms with Crippen molar-refractivity contribution in [2.45, 2.75) is 12.7 Å². The van der Waals surface area contributed by atoms with Gasteiger partial charge in [-0.25, -0.2) is 4.39 Å². The largest absolute Gasteiger partial charge is 0.416 e. The van der Waals surface area contributed by atoms with Crippen molar-refractivity contribution in [1.29, 1.82) is 0 Å². The van der Waals surface area contributed by atoms with E-state index < -0.39 is 17.6 Å². The molecule has 2 N–H and O–H groups in total. The van der Waals surface area contributed by atoms with E-state index in [9.17, 15) is 17.6 Å². The van der Waals surface area contributed by atoms with Gasteiger partial charge < -0.3 is 5.73 Å². The van der Waals surface area contributed by atoms with E-state index in [-0.39, 0.29) is 24.5 Å². The summed E-state index contributed by atoms with van der Waals surface area (Å²) in [7, 11) is 0. The van der Waals surface area contributed by atoms with E-state index in [0.29, 0.717) is 6.07 Å². The molecule has 1 aromatic carbocycles. The Balaban J connectivity index is 0.00000169. The molecule has 0 saturated heterocycles. The van der Waals surface area contributed by atoms with E-state index in [2.05, 4.69) is 0 Å². The fourth-order valence-corrected chi connectivity index (χ4v) is 0.932. The molecule has 1 aromatic rings. The van der Waals surface area contributed by atoms with Crippen LogP contribution in [0.4, 0.5) is 17.6 Å². The van der Waals surface area contributed by atoms with Gasteiger partial charge in [-0.05, 0) is 23.8 Å². The van der Waals surface area contributed by atoms with Crippen LogP contribution in [-0.2, 0) is 12.7 Å². The van der Waals surface area contributed by atoms with Gasteiger partial charge in [0, 0.05) is 6.54 Å². The smallest absolute Gasteiger partial charge is 0.326 e. The summed E-state index contributed by atoms with van der Waals surface area (Å²) in [6, 6.07) is 2.26. The fourth-order valence-electron chi connectivity index (χ4n) is 0.932. The van der Waals surface area contributed by atoms with Gasteiger partial charge in [0.05, 0.1) is 5.56 Å². The van der Waals surface area contributed by atoms with Gasteiger partial charge >= 0.3 is 6.18 Å². The number of halogens is 5. The van der Waals surface area contributed by atoms with Gasteiger partial charge in [0.2, 0.25) is 0 Å². The summed E-state index contributed by atoms with van der Waals surface area (Å²) in [5.41, 5.74) is 4.22. The number of rotatable bonds is 1. The van der Waals surface area contributed by atoms with E-state index in [1.54, 1.807) is 0 Å². The summed E-state index contributed by atoms with van der Waals surface area (Å²) < 4.78 is 48.8. The number of benzene rings is 1. The third kappa shape index (κ3) is 3.16. The highest BCUT2D eigenvalue weighted by molar-refractivity contribution is 5.85. The quantitative estimate of drug-likeness (QED) is 0.737. The molecule has 0 heterocycles. The molecule has 80 valence electrons. The summed E-state index contributed by atoms with van der Waals surface area (Å²) in [6.07, 6.45) is -4.52. The predicted molar refractivity (Wildman–Crippen MR) is 46.5 cm³/mol. The van der Waals surface area contributed by atoms with E-state index in [1.165, 1.54) is 0 Å². The maximum absolute atomic E-state index is 12.6. The average Bonchev–Trinajstić information content (AvgIpc) is 2.01. The summed E-state index contributed by atoms with van der Waals surface area (Å²) >= 11 is 0. The summed E-state index contributed by atoms with van der Waals surface area (Å²) in [6.45, 7) is -0.110. The Labute approximate surface area is 84.3 Å². The van der Waals surface area contributed by atoms with Crippen molar-refractivity contribution in [3.05, 3.63) is 35.1 Å². The Morgan fingerprint density at radius 1 is 1.14 bits per heavy atom. The lowest BCUT2D eigenvalue weighted by Gasteiger charge is -2.07. The lowest BCUT2D eigenvalue weighted by atomic mass is 10.1. The van der Waals surface area contributed by atoms with Crippen LogP contribution in [-0.4, -0.2) is 0 Å². The van der Waals surface area contributed by atoms with Crippen LogP contribution in [0, 0.1) is 5.82 Å². The minimum atomic E-state index is -4.52. The molecular weight excluding hydrogens is 222 g/mol. The highest BCUT2D eigenvalue weighted by Gasteiger charge is 2.31. The first-order chi connectivity index (χ1) is 5.93. The van der Waals surface area contributed by atoms with Gasteiger partial charge in [0.25, 0.3) is 0 Å². The number of hydrogen-bond donors (Lipinski definition) is 1. The highest BCUT2D eigenvalue weighted by atomic mass is 35.5. The number of hydrogen-bond acceptors (Lipinski definition) is 1. The molecule has 6 heteroatoms. The van der Waals surface area contributed by atoms with Gasteiger partial charge in [-0.2, -0.15) is 13.2 Å². The van der Waals surface area contributed by atoms with Crippen LogP contribution in [0.25, 0.3) is 0 Å². The second-order valence-electron chi connectivity index (χ2n) is 2.55. The second kappa shape index (κ2) is 4.61. The molecule has 0 aromatic heterocycles. The van der Waals surface area contributed by atoms with E-state index >= 15 is 0 Å². The fraction of sp³-hybridized carbons (Fsp3) is 0.250. The van der Waals surface area contributed by atoms with Crippen molar-refractivity contribution in [1.82, 2.24) is 0 Å². The van der Waals surface area contributed by atoms with Crippen LogP contribution in [0.5, 0.6) is 0 Å². The topological polar surface area (TPSA) is 26.0 Å². The third-order valence-electron chi connectivity index (χ3n) is 1.52.